The van der Waals surface area contributed by atoms with Gasteiger partial charge in [-0.25, -0.2) is 4.79 Å². The van der Waals surface area contributed by atoms with Crippen LogP contribution in [0, 0.1) is 6.92 Å². The molecule has 0 N–H and O–H groups in total. The third kappa shape index (κ3) is 2.92. The third-order valence-corrected chi connectivity index (χ3v) is 7.51. The van der Waals surface area contributed by atoms with Crippen LogP contribution in [0.15, 0.2) is 60.7 Å². The van der Waals surface area contributed by atoms with Gasteiger partial charge in [0.05, 0.1) is 5.56 Å². The van der Waals surface area contributed by atoms with Gasteiger partial charge in [-0.05, 0) is 36.2 Å². The zero-order valence-corrected chi connectivity index (χ0v) is 19.2. The molecule has 0 fully saturated rings. The number of carbonyl (C=O) groups excluding carboxylic acids is 1. The average Bonchev–Trinajstić information content (AvgIpc) is 3.05. The highest BCUT2D eigenvalue weighted by molar-refractivity contribution is 7.88. The molecule has 9 heteroatoms. The van der Waals surface area contributed by atoms with Gasteiger partial charge in [-0.1, -0.05) is 61.9 Å². The number of fused-ring (bicyclic) bond motifs is 6. The Hall–Kier alpha value is -3.33. The van der Waals surface area contributed by atoms with Crippen LogP contribution in [0.25, 0.3) is 0 Å². The smallest absolute Gasteiger partial charge is 0.441 e. The second-order valence-corrected chi connectivity index (χ2v) is 10.5. The first-order valence-electron chi connectivity index (χ1n) is 10.4. The molecule has 1 heterocycles. The summed E-state index contributed by atoms with van der Waals surface area (Å²) in [6, 6.07) is 16.6. The van der Waals surface area contributed by atoms with Crippen molar-refractivity contribution < 1.29 is 35.3 Å². The molecule has 5 rings (SSSR count). The summed E-state index contributed by atoms with van der Waals surface area (Å²) in [5, 5.41) is 0. The van der Waals surface area contributed by atoms with E-state index in [1.165, 1.54) is 12.1 Å². The monoisotopic (exact) mass is 488 g/mol. The maximum atomic E-state index is 12.9. The lowest BCUT2D eigenvalue weighted by atomic mass is 9.61. The molecule has 0 saturated carbocycles. The SMILES string of the molecule is Cc1ccc2c(c1)C(C)(C)c1cc(OS(=O)(=O)C(F)(F)F)ccc1C21OC(=O)c2ccccc21. The maximum absolute atomic E-state index is 12.9. The lowest BCUT2D eigenvalue weighted by Crippen LogP contribution is -2.41. The minimum atomic E-state index is -5.85. The van der Waals surface area contributed by atoms with E-state index in [-0.39, 0.29) is 0 Å². The average molecular weight is 488 g/mol. The Kier molecular flexibility index (Phi) is 4.53. The number of alkyl halides is 3. The minimum absolute atomic E-state index is 0.389. The summed E-state index contributed by atoms with van der Waals surface area (Å²) in [7, 11) is -5.85. The normalized spacial score (nSPS) is 20.4. The quantitative estimate of drug-likeness (QED) is 0.277. The van der Waals surface area contributed by atoms with Gasteiger partial charge in [0.25, 0.3) is 0 Å². The van der Waals surface area contributed by atoms with Gasteiger partial charge in [-0.2, -0.15) is 21.6 Å². The molecule has 0 saturated heterocycles. The van der Waals surface area contributed by atoms with Crippen molar-refractivity contribution in [2.24, 2.45) is 0 Å². The van der Waals surface area contributed by atoms with Gasteiger partial charge in [-0.3, -0.25) is 0 Å². The summed E-state index contributed by atoms with van der Waals surface area (Å²) in [4.78, 5) is 12.9. The highest BCUT2D eigenvalue weighted by atomic mass is 32.2. The molecule has 34 heavy (non-hydrogen) atoms. The fraction of sp³-hybridized carbons (Fsp3) is 0.240. The molecule has 0 bridgehead atoms. The Morgan fingerprint density at radius 3 is 2.15 bits per heavy atom. The fourth-order valence-electron chi connectivity index (χ4n) is 4.96. The van der Waals surface area contributed by atoms with Gasteiger partial charge in [0.2, 0.25) is 0 Å². The molecule has 1 unspecified atom stereocenters. The fourth-order valence-corrected chi connectivity index (χ4v) is 5.41. The van der Waals surface area contributed by atoms with Crippen molar-refractivity contribution >= 4 is 16.1 Å². The van der Waals surface area contributed by atoms with E-state index < -0.39 is 38.4 Å². The van der Waals surface area contributed by atoms with E-state index in [0.29, 0.717) is 22.3 Å². The Labute approximate surface area is 194 Å². The van der Waals surface area contributed by atoms with Gasteiger partial charge in [0, 0.05) is 22.1 Å². The van der Waals surface area contributed by atoms with Crippen molar-refractivity contribution in [1.29, 1.82) is 0 Å². The van der Waals surface area contributed by atoms with Gasteiger partial charge in [0.15, 0.2) is 5.60 Å². The number of ether oxygens (including phenoxy) is 1. The van der Waals surface area contributed by atoms with Crippen LogP contribution < -0.4 is 4.18 Å². The Bertz CT molecular complexity index is 1470. The Morgan fingerprint density at radius 2 is 1.47 bits per heavy atom. The molecule has 0 aromatic heterocycles. The lowest BCUT2D eigenvalue weighted by Gasteiger charge is -2.44. The van der Waals surface area contributed by atoms with Crippen LogP contribution >= 0.6 is 0 Å². The van der Waals surface area contributed by atoms with E-state index in [2.05, 4.69) is 4.18 Å². The standard InChI is InChI=1S/C25H19F3O5S/c1-14-8-10-18-20(12-14)23(2,3)21-13-15(33-34(30,31)25(26,27)28)9-11-19(21)24(18)17-7-5-4-6-16(17)22(29)32-24/h4-13H,1-3H3. The summed E-state index contributed by atoms with van der Waals surface area (Å²) >= 11 is 0. The highest BCUT2D eigenvalue weighted by Crippen LogP contribution is 2.57. The molecular weight excluding hydrogens is 469 g/mol. The number of hydrogen-bond donors (Lipinski definition) is 0. The number of benzene rings is 3. The summed E-state index contributed by atoms with van der Waals surface area (Å²) in [5.74, 6) is -0.999. The van der Waals surface area contributed by atoms with E-state index in [0.717, 1.165) is 22.8 Å². The van der Waals surface area contributed by atoms with Crippen LogP contribution in [0.5, 0.6) is 5.75 Å². The molecule has 2 aliphatic rings. The molecule has 1 spiro atoms. The first kappa shape index (κ1) is 22.5. The third-order valence-electron chi connectivity index (χ3n) is 6.53. The molecule has 1 aliphatic heterocycles. The maximum Gasteiger partial charge on any atom is 0.534 e. The van der Waals surface area contributed by atoms with E-state index in [9.17, 15) is 26.4 Å². The number of carbonyl (C=O) groups is 1. The van der Waals surface area contributed by atoms with Crippen molar-refractivity contribution in [3.8, 4) is 5.75 Å². The molecular formula is C25H19F3O5S. The summed E-state index contributed by atoms with van der Waals surface area (Å²) in [6.07, 6.45) is 0. The second kappa shape index (κ2) is 6.85. The topological polar surface area (TPSA) is 69.7 Å². The molecule has 176 valence electrons. The van der Waals surface area contributed by atoms with Gasteiger partial charge < -0.3 is 8.92 Å². The van der Waals surface area contributed by atoms with E-state index in [1.807, 2.05) is 39.0 Å². The predicted molar refractivity (Wildman–Crippen MR) is 117 cm³/mol. The number of halogens is 3. The second-order valence-electron chi connectivity index (χ2n) is 8.98. The van der Waals surface area contributed by atoms with Crippen molar-refractivity contribution in [2.75, 3.05) is 0 Å². The van der Waals surface area contributed by atoms with E-state index >= 15 is 0 Å². The van der Waals surface area contributed by atoms with Crippen LogP contribution in [0.2, 0.25) is 0 Å². The number of hydrogen-bond acceptors (Lipinski definition) is 5. The van der Waals surface area contributed by atoms with Crippen LogP contribution in [-0.2, 0) is 25.9 Å². The highest BCUT2D eigenvalue weighted by Gasteiger charge is 2.56. The molecule has 5 nitrogen and oxygen atoms in total. The predicted octanol–water partition coefficient (Wildman–Crippen LogP) is 5.33. The zero-order chi connectivity index (χ0) is 24.7. The molecule has 3 aromatic carbocycles. The number of rotatable bonds is 2. The summed E-state index contributed by atoms with van der Waals surface area (Å²) < 4.78 is 72.5. The van der Waals surface area contributed by atoms with Crippen molar-refractivity contribution in [3.05, 3.63) is 99.6 Å². The lowest BCUT2D eigenvalue weighted by molar-refractivity contribution is -0.0500. The molecule has 1 aliphatic carbocycles. The first-order chi connectivity index (χ1) is 15.8. The molecule has 1 atom stereocenters. The molecule has 0 amide bonds. The zero-order valence-electron chi connectivity index (χ0n) is 18.4. The first-order valence-corrected chi connectivity index (χ1v) is 11.8. The van der Waals surface area contributed by atoms with Crippen LogP contribution in [-0.4, -0.2) is 19.9 Å². The Morgan fingerprint density at radius 1 is 0.853 bits per heavy atom. The molecule has 3 aromatic rings. The van der Waals surface area contributed by atoms with Crippen molar-refractivity contribution in [1.82, 2.24) is 0 Å². The largest absolute Gasteiger partial charge is 0.534 e. The van der Waals surface area contributed by atoms with Crippen molar-refractivity contribution in [2.45, 2.75) is 37.3 Å². The van der Waals surface area contributed by atoms with Gasteiger partial charge >= 0.3 is 21.6 Å². The summed E-state index contributed by atoms with van der Waals surface area (Å²) in [6.45, 7) is 5.66. The van der Waals surface area contributed by atoms with Gasteiger partial charge in [0.1, 0.15) is 5.75 Å². The van der Waals surface area contributed by atoms with E-state index in [4.69, 9.17) is 4.74 Å². The van der Waals surface area contributed by atoms with Gasteiger partial charge in [-0.15, -0.1) is 0 Å². The number of aryl methyl sites for hydroxylation is 1. The summed E-state index contributed by atoms with van der Waals surface area (Å²) in [5.41, 5.74) is -3.16. The number of esters is 1. The van der Waals surface area contributed by atoms with E-state index in [1.54, 1.807) is 24.3 Å². The molecule has 0 radical (unpaired) electrons. The van der Waals surface area contributed by atoms with Crippen LogP contribution in [0.4, 0.5) is 13.2 Å². The van der Waals surface area contributed by atoms with Crippen LogP contribution in [0.1, 0.15) is 57.6 Å². The Balaban J connectivity index is 1.81. The van der Waals surface area contributed by atoms with Crippen LogP contribution in [0.3, 0.4) is 0 Å². The van der Waals surface area contributed by atoms with Crippen molar-refractivity contribution in [3.63, 3.8) is 0 Å². The minimum Gasteiger partial charge on any atom is -0.441 e.